The summed E-state index contributed by atoms with van der Waals surface area (Å²) in [6.07, 6.45) is 0. The van der Waals surface area contributed by atoms with Gasteiger partial charge in [-0.1, -0.05) is 28.1 Å². The van der Waals surface area contributed by atoms with Crippen LogP contribution in [-0.2, 0) is 9.53 Å². The Morgan fingerprint density at radius 3 is 2.50 bits per heavy atom. The summed E-state index contributed by atoms with van der Waals surface area (Å²) in [7, 11) is 0. The molecule has 2 rings (SSSR count). The number of carbonyl (C=O) groups excluding carboxylic acids is 2. The van der Waals surface area contributed by atoms with E-state index in [1.165, 1.54) is 0 Å². The second kappa shape index (κ2) is 9.05. The van der Waals surface area contributed by atoms with Crippen molar-refractivity contribution in [3.63, 3.8) is 0 Å². The molecule has 0 radical (unpaired) electrons. The Morgan fingerprint density at radius 2 is 1.79 bits per heavy atom. The molecule has 0 aromatic heterocycles. The minimum absolute atomic E-state index is 0.0566. The van der Waals surface area contributed by atoms with E-state index in [2.05, 4.69) is 26.6 Å². The van der Waals surface area contributed by atoms with Gasteiger partial charge in [0.15, 0.2) is 6.61 Å². The van der Waals surface area contributed by atoms with E-state index in [4.69, 9.17) is 9.84 Å². The highest BCUT2D eigenvalue weighted by atomic mass is 79.9. The van der Waals surface area contributed by atoms with Crippen molar-refractivity contribution in [2.75, 3.05) is 30.4 Å². The predicted molar refractivity (Wildman–Crippen MR) is 95.1 cm³/mol. The van der Waals surface area contributed by atoms with Crippen LogP contribution in [0.4, 0.5) is 11.4 Å². The van der Waals surface area contributed by atoms with Crippen molar-refractivity contribution in [3.8, 4) is 0 Å². The molecule has 0 aliphatic rings. The van der Waals surface area contributed by atoms with Crippen molar-refractivity contribution in [1.29, 1.82) is 0 Å². The number of aliphatic hydroxyl groups excluding tert-OH is 1. The number of nitrogens with one attached hydrogen (secondary N) is 2. The third-order valence-corrected chi connectivity index (χ3v) is 3.57. The molecule has 0 unspecified atom stereocenters. The first-order valence-electron chi connectivity index (χ1n) is 7.26. The lowest BCUT2D eigenvalue weighted by molar-refractivity contribution is -0.119. The van der Waals surface area contributed by atoms with Gasteiger partial charge in [0.1, 0.15) is 0 Å². The number of hydrogen-bond donors (Lipinski definition) is 3. The molecule has 0 aliphatic carbocycles. The number of halogens is 1. The molecule has 0 bridgehead atoms. The summed E-state index contributed by atoms with van der Waals surface area (Å²) in [5.74, 6) is -1.03. The maximum absolute atomic E-state index is 12.1. The molecule has 0 saturated carbocycles. The summed E-state index contributed by atoms with van der Waals surface area (Å²) in [4.78, 5) is 24.0. The fraction of sp³-hybridized carbons (Fsp3) is 0.176. The van der Waals surface area contributed by atoms with Gasteiger partial charge in [-0.25, -0.2) is 4.79 Å². The normalized spacial score (nSPS) is 10.1. The largest absolute Gasteiger partial charge is 0.452 e. The summed E-state index contributed by atoms with van der Waals surface area (Å²) in [6, 6.07) is 13.8. The zero-order chi connectivity index (χ0) is 17.4. The third kappa shape index (κ3) is 5.36. The molecule has 126 valence electrons. The lowest BCUT2D eigenvalue weighted by Gasteiger charge is -2.11. The van der Waals surface area contributed by atoms with Crippen molar-refractivity contribution < 1.29 is 19.4 Å². The first kappa shape index (κ1) is 18.0. The number of amides is 1. The van der Waals surface area contributed by atoms with Crippen LogP contribution in [0.2, 0.25) is 0 Å². The Labute approximate surface area is 148 Å². The summed E-state index contributed by atoms with van der Waals surface area (Å²) >= 11 is 3.31. The summed E-state index contributed by atoms with van der Waals surface area (Å²) < 4.78 is 5.95. The molecular weight excluding hydrogens is 376 g/mol. The fourth-order valence-corrected chi connectivity index (χ4v) is 2.21. The standard InChI is InChI=1S/C17H17BrN2O4/c18-12-5-7-13(8-6-12)20-16(22)11-24-17(23)14-3-1-2-4-15(14)19-9-10-21/h1-8,19,21H,9-11H2,(H,20,22). The Balaban J connectivity index is 1.90. The number of aliphatic hydroxyl groups is 1. The topological polar surface area (TPSA) is 87.7 Å². The quantitative estimate of drug-likeness (QED) is 0.630. The maximum atomic E-state index is 12.1. The highest BCUT2D eigenvalue weighted by Crippen LogP contribution is 2.16. The lowest BCUT2D eigenvalue weighted by atomic mass is 10.2. The number of rotatable bonds is 7. The van der Waals surface area contributed by atoms with Crippen molar-refractivity contribution in [3.05, 3.63) is 58.6 Å². The molecule has 0 fully saturated rings. The summed E-state index contributed by atoms with van der Waals surface area (Å²) in [5, 5.41) is 14.4. The minimum Gasteiger partial charge on any atom is -0.452 e. The molecule has 24 heavy (non-hydrogen) atoms. The number of esters is 1. The van der Waals surface area contributed by atoms with Crippen LogP contribution in [0, 0.1) is 0 Å². The number of para-hydroxylation sites is 1. The molecule has 0 aliphatic heterocycles. The molecule has 0 saturated heterocycles. The predicted octanol–water partition coefficient (Wildman–Crippen LogP) is 2.65. The third-order valence-electron chi connectivity index (χ3n) is 3.04. The summed E-state index contributed by atoms with van der Waals surface area (Å²) in [5.41, 5.74) is 1.47. The molecule has 2 aromatic carbocycles. The van der Waals surface area contributed by atoms with E-state index in [9.17, 15) is 9.59 Å². The SMILES string of the molecule is O=C(COC(=O)c1ccccc1NCCO)Nc1ccc(Br)cc1. The van der Waals surface area contributed by atoms with E-state index in [-0.39, 0.29) is 13.2 Å². The zero-order valence-corrected chi connectivity index (χ0v) is 14.4. The van der Waals surface area contributed by atoms with Crippen LogP contribution in [0.1, 0.15) is 10.4 Å². The Bertz CT molecular complexity index is 704. The van der Waals surface area contributed by atoms with Gasteiger partial charge in [0, 0.05) is 22.4 Å². The van der Waals surface area contributed by atoms with Gasteiger partial charge in [-0.2, -0.15) is 0 Å². The van der Waals surface area contributed by atoms with Crippen molar-refractivity contribution in [2.45, 2.75) is 0 Å². The van der Waals surface area contributed by atoms with Gasteiger partial charge in [0.05, 0.1) is 12.2 Å². The minimum atomic E-state index is -0.609. The van der Waals surface area contributed by atoms with Gasteiger partial charge >= 0.3 is 5.97 Å². The molecule has 0 heterocycles. The number of hydrogen-bond acceptors (Lipinski definition) is 5. The van der Waals surface area contributed by atoms with E-state index in [1.54, 1.807) is 48.5 Å². The average molecular weight is 393 g/mol. The molecule has 0 spiro atoms. The molecule has 7 heteroatoms. The van der Waals surface area contributed by atoms with Crippen LogP contribution in [0.15, 0.2) is 53.0 Å². The van der Waals surface area contributed by atoms with Gasteiger partial charge in [0.2, 0.25) is 0 Å². The van der Waals surface area contributed by atoms with Crippen LogP contribution in [0.3, 0.4) is 0 Å². The molecule has 3 N–H and O–H groups in total. The van der Waals surface area contributed by atoms with Crippen molar-refractivity contribution in [2.24, 2.45) is 0 Å². The Hall–Kier alpha value is -2.38. The Morgan fingerprint density at radius 1 is 1.08 bits per heavy atom. The van der Waals surface area contributed by atoms with E-state index in [0.29, 0.717) is 23.5 Å². The van der Waals surface area contributed by atoms with E-state index in [0.717, 1.165) is 4.47 Å². The van der Waals surface area contributed by atoms with Crippen LogP contribution in [0.25, 0.3) is 0 Å². The number of ether oxygens (including phenoxy) is 1. The number of anilines is 2. The summed E-state index contributed by atoms with van der Waals surface area (Å²) in [6.45, 7) is -0.128. The van der Waals surface area contributed by atoms with Gasteiger partial charge in [-0.05, 0) is 36.4 Å². The molecule has 6 nitrogen and oxygen atoms in total. The van der Waals surface area contributed by atoms with Crippen LogP contribution >= 0.6 is 15.9 Å². The fourth-order valence-electron chi connectivity index (χ4n) is 1.94. The van der Waals surface area contributed by atoms with Crippen LogP contribution < -0.4 is 10.6 Å². The maximum Gasteiger partial charge on any atom is 0.340 e. The van der Waals surface area contributed by atoms with E-state index < -0.39 is 11.9 Å². The second-order valence-corrected chi connectivity index (χ2v) is 5.74. The second-order valence-electron chi connectivity index (χ2n) is 4.83. The first-order valence-corrected chi connectivity index (χ1v) is 8.06. The smallest absolute Gasteiger partial charge is 0.340 e. The van der Waals surface area contributed by atoms with Crippen molar-refractivity contribution in [1.82, 2.24) is 0 Å². The van der Waals surface area contributed by atoms with E-state index >= 15 is 0 Å². The monoisotopic (exact) mass is 392 g/mol. The molecular formula is C17H17BrN2O4. The first-order chi connectivity index (χ1) is 11.6. The van der Waals surface area contributed by atoms with Crippen LogP contribution in [-0.4, -0.2) is 36.7 Å². The van der Waals surface area contributed by atoms with Crippen LogP contribution in [0.5, 0.6) is 0 Å². The van der Waals surface area contributed by atoms with Gasteiger partial charge in [-0.15, -0.1) is 0 Å². The number of carbonyl (C=O) groups is 2. The van der Waals surface area contributed by atoms with Crippen molar-refractivity contribution >= 4 is 39.2 Å². The zero-order valence-electron chi connectivity index (χ0n) is 12.8. The lowest BCUT2D eigenvalue weighted by Crippen LogP contribution is -2.21. The molecule has 0 atom stereocenters. The average Bonchev–Trinajstić information content (AvgIpc) is 2.60. The molecule has 1 amide bonds. The highest BCUT2D eigenvalue weighted by molar-refractivity contribution is 9.10. The van der Waals surface area contributed by atoms with Gasteiger partial charge < -0.3 is 20.5 Å². The highest BCUT2D eigenvalue weighted by Gasteiger charge is 2.14. The number of benzene rings is 2. The Kier molecular flexibility index (Phi) is 6.77. The molecule has 2 aromatic rings. The van der Waals surface area contributed by atoms with Gasteiger partial charge in [-0.3, -0.25) is 4.79 Å². The van der Waals surface area contributed by atoms with E-state index in [1.807, 2.05) is 0 Å². The van der Waals surface area contributed by atoms with Gasteiger partial charge in [0.25, 0.3) is 5.91 Å².